The normalized spacial score (nSPS) is 12.3. The highest BCUT2D eigenvalue weighted by molar-refractivity contribution is 7.92. The number of benzene rings is 2. The second-order valence-corrected chi connectivity index (χ2v) is 12.0. The zero-order chi connectivity index (χ0) is 27.0. The van der Waals surface area contributed by atoms with Gasteiger partial charge in [-0.05, 0) is 55.5 Å². The first-order chi connectivity index (χ1) is 16.8. The largest absolute Gasteiger partial charge is 0.354 e. The van der Waals surface area contributed by atoms with Crippen LogP contribution in [-0.2, 0) is 26.2 Å². The van der Waals surface area contributed by atoms with Crippen LogP contribution in [0.5, 0.6) is 0 Å². The Balaban J connectivity index is 2.21. The van der Waals surface area contributed by atoms with E-state index in [1.807, 2.05) is 26.0 Å². The monoisotopic (exact) mass is 555 g/mol. The molecule has 0 aromatic heterocycles. The van der Waals surface area contributed by atoms with E-state index in [2.05, 4.69) is 5.32 Å². The maximum Gasteiger partial charge on any atom is 0.242 e. The van der Waals surface area contributed by atoms with E-state index in [-0.39, 0.29) is 43.7 Å². The van der Waals surface area contributed by atoms with Gasteiger partial charge in [0.15, 0.2) is 0 Å². The molecule has 1 N–H and O–H groups in total. The molecule has 7 nitrogen and oxygen atoms in total. The second kappa shape index (κ2) is 13.3. The number of rotatable bonds is 12. The topological polar surface area (TPSA) is 86.8 Å². The Morgan fingerprint density at radius 3 is 2.33 bits per heavy atom. The van der Waals surface area contributed by atoms with E-state index in [0.29, 0.717) is 22.3 Å². The van der Waals surface area contributed by atoms with Crippen molar-refractivity contribution in [3.8, 4) is 0 Å². The van der Waals surface area contributed by atoms with Gasteiger partial charge < -0.3 is 10.2 Å². The highest BCUT2D eigenvalue weighted by Crippen LogP contribution is 2.27. The van der Waals surface area contributed by atoms with Gasteiger partial charge >= 0.3 is 0 Å². The van der Waals surface area contributed by atoms with Crippen LogP contribution in [0.3, 0.4) is 0 Å². The number of hydrogen-bond donors (Lipinski definition) is 1. The summed E-state index contributed by atoms with van der Waals surface area (Å²) in [7, 11) is -3.61. The van der Waals surface area contributed by atoms with E-state index in [0.717, 1.165) is 17.4 Å². The van der Waals surface area contributed by atoms with Crippen molar-refractivity contribution < 1.29 is 18.0 Å². The Morgan fingerprint density at radius 1 is 1.06 bits per heavy atom. The van der Waals surface area contributed by atoms with Gasteiger partial charge in [-0.25, -0.2) is 8.42 Å². The predicted molar refractivity (Wildman–Crippen MR) is 147 cm³/mol. The predicted octanol–water partition coefficient (Wildman–Crippen LogP) is 5.04. The fraction of sp³-hybridized carbons (Fsp3) is 0.462. The third-order valence-electron chi connectivity index (χ3n) is 5.74. The van der Waals surface area contributed by atoms with Crippen LogP contribution in [0, 0.1) is 12.8 Å². The molecule has 2 amide bonds. The third-order valence-corrected chi connectivity index (χ3v) is 7.53. The maximum atomic E-state index is 13.3. The summed E-state index contributed by atoms with van der Waals surface area (Å²) in [6.07, 6.45) is 1.44. The molecule has 2 aromatic rings. The lowest BCUT2D eigenvalue weighted by Gasteiger charge is -2.30. The van der Waals surface area contributed by atoms with Gasteiger partial charge in [0.1, 0.15) is 6.04 Å². The summed E-state index contributed by atoms with van der Waals surface area (Å²) in [5.74, 6) is -0.249. The van der Waals surface area contributed by atoms with Gasteiger partial charge in [-0.15, -0.1) is 0 Å². The number of amides is 2. The van der Waals surface area contributed by atoms with Crippen molar-refractivity contribution in [2.24, 2.45) is 5.92 Å². The lowest BCUT2D eigenvalue weighted by atomic mass is 10.1. The second-order valence-electron chi connectivity index (χ2n) is 9.30. The molecule has 36 heavy (non-hydrogen) atoms. The number of sulfonamides is 1. The molecule has 0 heterocycles. The minimum Gasteiger partial charge on any atom is -0.354 e. The van der Waals surface area contributed by atoms with Crippen molar-refractivity contribution in [1.82, 2.24) is 10.2 Å². The first-order valence-corrected chi connectivity index (χ1v) is 14.5. The minimum absolute atomic E-state index is 0.0535. The number of anilines is 1. The Morgan fingerprint density at radius 2 is 1.72 bits per heavy atom. The molecule has 0 saturated heterocycles. The molecule has 0 saturated carbocycles. The lowest BCUT2D eigenvalue weighted by Crippen LogP contribution is -2.48. The quantitative estimate of drug-likeness (QED) is 0.397. The van der Waals surface area contributed by atoms with E-state index in [1.54, 1.807) is 44.2 Å². The van der Waals surface area contributed by atoms with Crippen molar-refractivity contribution in [2.75, 3.05) is 23.7 Å². The molecule has 0 aliphatic carbocycles. The molecular weight excluding hydrogens is 521 g/mol. The van der Waals surface area contributed by atoms with Crippen LogP contribution in [0.25, 0.3) is 0 Å². The average molecular weight is 557 g/mol. The molecule has 10 heteroatoms. The molecule has 0 radical (unpaired) electrons. The number of carbonyl (C=O) groups is 2. The number of carbonyl (C=O) groups excluding carboxylic acids is 2. The highest BCUT2D eigenvalue weighted by atomic mass is 35.5. The van der Waals surface area contributed by atoms with Gasteiger partial charge in [-0.2, -0.15) is 0 Å². The number of nitrogens with zero attached hydrogens (tertiary/aromatic N) is 2. The van der Waals surface area contributed by atoms with Crippen LogP contribution in [0.15, 0.2) is 42.5 Å². The van der Waals surface area contributed by atoms with Crippen LogP contribution >= 0.6 is 23.2 Å². The van der Waals surface area contributed by atoms with Crippen molar-refractivity contribution in [1.29, 1.82) is 0 Å². The zero-order valence-electron chi connectivity index (χ0n) is 21.4. The van der Waals surface area contributed by atoms with Crippen molar-refractivity contribution in [3.05, 3.63) is 63.6 Å². The summed E-state index contributed by atoms with van der Waals surface area (Å²) in [6.45, 7) is 8.23. The van der Waals surface area contributed by atoms with Gasteiger partial charge in [-0.3, -0.25) is 13.9 Å². The minimum atomic E-state index is -3.61. The smallest absolute Gasteiger partial charge is 0.242 e. The molecule has 0 aliphatic rings. The molecule has 198 valence electrons. The fourth-order valence-corrected chi connectivity index (χ4v) is 5.06. The highest BCUT2D eigenvalue weighted by Gasteiger charge is 2.27. The summed E-state index contributed by atoms with van der Waals surface area (Å²) >= 11 is 12.4. The number of aryl methyl sites for hydroxylation is 1. The molecule has 2 aromatic carbocycles. The Bertz CT molecular complexity index is 1170. The Hall–Kier alpha value is -2.29. The van der Waals surface area contributed by atoms with Gasteiger partial charge in [0, 0.05) is 36.1 Å². The van der Waals surface area contributed by atoms with Gasteiger partial charge in [0.2, 0.25) is 21.8 Å². The van der Waals surface area contributed by atoms with E-state index in [1.165, 1.54) is 9.21 Å². The molecule has 0 aliphatic heterocycles. The molecule has 0 spiro atoms. The fourth-order valence-electron chi connectivity index (χ4n) is 3.68. The van der Waals surface area contributed by atoms with Crippen molar-refractivity contribution >= 4 is 50.7 Å². The summed E-state index contributed by atoms with van der Waals surface area (Å²) in [5.41, 5.74) is 1.96. The first kappa shape index (κ1) is 29.9. The summed E-state index contributed by atoms with van der Waals surface area (Å²) in [4.78, 5) is 27.6. The zero-order valence-corrected chi connectivity index (χ0v) is 23.8. The molecular formula is C26H35Cl2N3O4S. The molecule has 1 unspecified atom stereocenters. The molecule has 1 atom stereocenters. The number of halogens is 2. The van der Waals surface area contributed by atoms with Gasteiger partial charge in [0.25, 0.3) is 0 Å². The summed E-state index contributed by atoms with van der Waals surface area (Å²) < 4.78 is 26.3. The van der Waals surface area contributed by atoms with Crippen LogP contribution in [0.1, 0.15) is 44.7 Å². The Kier molecular flexibility index (Phi) is 11.1. The van der Waals surface area contributed by atoms with E-state index >= 15 is 0 Å². The van der Waals surface area contributed by atoms with Crippen LogP contribution in [0.4, 0.5) is 5.69 Å². The van der Waals surface area contributed by atoms with Crippen LogP contribution in [-0.4, -0.2) is 50.5 Å². The number of hydrogen-bond acceptors (Lipinski definition) is 4. The molecule has 2 rings (SSSR count). The summed E-state index contributed by atoms with van der Waals surface area (Å²) in [6, 6.07) is 11.5. The molecule has 0 bridgehead atoms. The van der Waals surface area contributed by atoms with Crippen LogP contribution in [0.2, 0.25) is 10.0 Å². The van der Waals surface area contributed by atoms with Crippen molar-refractivity contribution in [2.45, 2.75) is 53.1 Å². The summed E-state index contributed by atoms with van der Waals surface area (Å²) in [5, 5.41) is 3.81. The van der Waals surface area contributed by atoms with Gasteiger partial charge in [0.05, 0.1) is 11.9 Å². The average Bonchev–Trinajstić information content (AvgIpc) is 2.80. The maximum absolute atomic E-state index is 13.3. The SMILES string of the molecule is Cc1ccc(Cl)cc1N(CCCC(=O)N(Cc1ccccc1Cl)C(C)C(=O)NCC(C)C)S(C)(=O)=O. The van der Waals surface area contributed by atoms with Crippen LogP contribution < -0.4 is 9.62 Å². The standard InChI is InChI=1S/C26H35Cl2N3O4S/c1-18(2)16-29-26(33)20(4)30(17-21-9-6-7-10-23(21)28)25(32)11-8-14-31(36(5,34)35)24-15-22(27)13-12-19(24)3/h6-7,9-10,12-13,15,18,20H,8,11,14,16-17H2,1-5H3,(H,29,33). The van der Waals surface area contributed by atoms with Crippen molar-refractivity contribution in [3.63, 3.8) is 0 Å². The van der Waals surface area contributed by atoms with E-state index in [4.69, 9.17) is 23.2 Å². The lowest BCUT2D eigenvalue weighted by molar-refractivity contribution is -0.140. The van der Waals surface area contributed by atoms with E-state index < -0.39 is 16.1 Å². The van der Waals surface area contributed by atoms with E-state index in [9.17, 15) is 18.0 Å². The first-order valence-electron chi connectivity index (χ1n) is 11.9. The number of nitrogens with one attached hydrogen (secondary N) is 1. The van der Waals surface area contributed by atoms with Gasteiger partial charge in [-0.1, -0.05) is 61.3 Å². The molecule has 0 fully saturated rings. The Labute approximate surface area is 224 Å². The third kappa shape index (κ3) is 8.68.